The summed E-state index contributed by atoms with van der Waals surface area (Å²) in [5, 5.41) is 6.59. The number of aryl methyl sites for hydroxylation is 1. The second kappa shape index (κ2) is 8.35. The quantitative estimate of drug-likeness (QED) is 0.611. The van der Waals surface area contributed by atoms with Crippen molar-refractivity contribution in [1.29, 1.82) is 0 Å². The van der Waals surface area contributed by atoms with E-state index in [0.29, 0.717) is 36.6 Å². The van der Waals surface area contributed by atoms with Gasteiger partial charge in [-0.1, -0.05) is 17.7 Å². The third kappa shape index (κ3) is 4.28. The molecule has 29 heavy (non-hydrogen) atoms. The Morgan fingerprint density at radius 3 is 2.55 bits per heavy atom. The van der Waals surface area contributed by atoms with Crippen LogP contribution in [0.3, 0.4) is 0 Å². The molecule has 0 unspecified atom stereocenters. The van der Waals surface area contributed by atoms with E-state index in [1.807, 2.05) is 23.8 Å². The van der Waals surface area contributed by atoms with Gasteiger partial charge in [0.2, 0.25) is 10.0 Å². The Bertz CT molecular complexity index is 1090. The Morgan fingerprint density at radius 1 is 1.03 bits per heavy atom. The maximum Gasteiger partial charge on any atom is 0.273 e. The highest BCUT2D eigenvalue weighted by atomic mass is 32.2. The summed E-state index contributed by atoms with van der Waals surface area (Å²) in [4.78, 5) is 19.4. The lowest BCUT2D eigenvalue weighted by molar-refractivity contribution is 0.0759. The van der Waals surface area contributed by atoms with Crippen molar-refractivity contribution in [1.82, 2.24) is 14.2 Å². The number of thiophene rings is 1. The van der Waals surface area contributed by atoms with Gasteiger partial charge in [-0.05, 0) is 36.9 Å². The summed E-state index contributed by atoms with van der Waals surface area (Å²) in [6, 6.07) is 8.86. The minimum atomic E-state index is -3.56. The van der Waals surface area contributed by atoms with Crippen molar-refractivity contribution in [2.24, 2.45) is 0 Å². The van der Waals surface area contributed by atoms with Crippen LogP contribution in [0.4, 0.5) is 0 Å². The maximum atomic E-state index is 12.9. The molecule has 2 aromatic heterocycles. The van der Waals surface area contributed by atoms with Crippen LogP contribution in [0, 0.1) is 6.92 Å². The van der Waals surface area contributed by atoms with Crippen molar-refractivity contribution >= 4 is 38.6 Å². The molecule has 1 aliphatic heterocycles. The Morgan fingerprint density at radius 2 is 1.83 bits per heavy atom. The number of aromatic nitrogens is 1. The van der Waals surface area contributed by atoms with Gasteiger partial charge in [0.05, 0.1) is 4.90 Å². The van der Waals surface area contributed by atoms with Crippen molar-refractivity contribution in [2.75, 3.05) is 26.2 Å². The molecule has 0 radical (unpaired) electrons. The van der Waals surface area contributed by atoms with Gasteiger partial charge in [-0.2, -0.15) is 15.6 Å². The van der Waals surface area contributed by atoms with Crippen LogP contribution >= 0.6 is 22.7 Å². The fraction of sp³-hybridized carbons (Fsp3) is 0.300. The van der Waals surface area contributed by atoms with E-state index in [2.05, 4.69) is 4.98 Å². The first-order valence-corrected chi connectivity index (χ1v) is 12.6. The van der Waals surface area contributed by atoms with Gasteiger partial charge in [0.15, 0.2) is 0 Å². The van der Waals surface area contributed by atoms with Crippen LogP contribution in [-0.4, -0.2) is 54.7 Å². The van der Waals surface area contributed by atoms with Gasteiger partial charge < -0.3 is 4.90 Å². The number of carbonyl (C=O) groups excluding carboxylic acids is 1. The molecule has 4 rings (SSSR count). The highest BCUT2D eigenvalue weighted by molar-refractivity contribution is 7.89. The summed E-state index contributed by atoms with van der Waals surface area (Å²) >= 11 is 3.04. The minimum Gasteiger partial charge on any atom is -0.336 e. The van der Waals surface area contributed by atoms with Gasteiger partial charge in [-0.15, -0.1) is 11.3 Å². The number of rotatable bonds is 4. The van der Waals surface area contributed by atoms with E-state index in [0.717, 1.165) is 16.1 Å². The first-order valence-electron chi connectivity index (χ1n) is 9.29. The summed E-state index contributed by atoms with van der Waals surface area (Å²) in [7, 11) is -3.56. The molecular weight excluding hydrogens is 426 g/mol. The number of sulfonamides is 1. The van der Waals surface area contributed by atoms with Crippen molar-refractivity contribution in [3.8, 4) is 10.6 Å². The maximum absolute atomic E-state index is 12.9. The first-order chi connectivity index (χ1) is 13.9. The number of carbonyl (C=O) groups is 1. The van der Waals surface area contributed by atoms with Crippen molar-refractivity contribution in [2.45, 2.75) is 18.2 Å². The molecule has 1 saturated heterocycles. The van der Waals surface area contributed by atoms with E-state index in [1.54, 1.807) is 45.9 Å². The summed E-state index contributed by atoms with van der Waals surface area (Å²) in [6.45, 7) is 3.48. The molecule has 0 spiro atoms. The van der Waals surface area contributed by atoms with Gasteiger partial charge in [0.25, 0.3) is 5.91 Å². The van der Waals surface area contributed by atoms with Crippen LogP contribution in [-0.2, 0) is 10.0 Å². The highest BCUT2D eigenvalue weighted by Crippen LogP contribution is 2.26. The summed E-state index contributed by atoms with van der Waals surface area (Å²) in [5.74, 6) is -0.141. The summed E-state index contributed by atoms with van der Waals surface area (Å²) in [5.41, 5.74) is 2.46. The molecule has 9 heteroatoms. The number of amides is 1. The summed E-state index contributed by atoms with van der Waals surface area (Å²) in [6.07, 6.45) is 0.596. The largest absolute Gasteiger partial charge is 0.336 e. The normalized spacial score (nSPS) is 16.0. The van der Waals surface area contributed by atoms with Crippen molar-refractivity contribution < 1.29 is 13.2 Å². The number of benzene rings is 1. The van der Waals surface area contributed by atoms with E-state index in [4.69, 9.17) is 0 Å². The molecule has 1 aromatic carbocycles. The van der Waals surface area contributed by atoms with Gasteiger partial charge >= 0.3 is 0 Å². The van der Waals surface area contributed by atoms with Gasteiger partial charge in [-0.3, -0.25) is 4.79 Å². The molecule has 1 fully saturated rings. The lowest BCUT2D eigenvalue weighted by Gasteiger charge is -2.21. The van der Waals surface area contributed by atoms with E-state index in [1.165, 1.54) is 15.6 Å². The van der Waals surface area contributed by atoms with Crippen molar-refractivity contribution in [3.05, 3.63) is 57.7 Å². The summed E-state index contributed by atoms with van der Waals surface area (Å²) < 4.78 is 27.4. The third-order valence-electron chi connectivity index (χ3n) is 4.89. The first kappa shape index (κ1) is 20.2. The Labute approximate surface area is 178 Å². The van der Waals surface area contributed by atoms with Gasteiger partial charge in [0.1, 0.15) is 10.7 Å². The zero-order valence-corrected chi connectivity index (χ0v) is 18.4. The minimum absolute atomic E-state index is 0.141. The van der Waals surface area contributed by atoms with Crippen LogP contribution in [0.15, 0.2) is 51.4 Å². The van der Waals surface area contributed by atoms with E-state index >= 15 is 0 Å². The van der Waals surface area contributed by atoms with E-state index in [9.17, 15) is 13.2 Å². The van der Waals surface area contributed by atoms with Crippen LogP contribution in [0.1, 0.15) is 22.5 Å². The molecule has 3 aromatic rings. The number of thiazole rings is 1. The van der Waals surface area contributed by atoms with Gasteiger partial charge in [0, 0.05) is 42.5 Å². The molecule has 152 valence electrons. The van der Waals surface area contributed by atoms with Gasteiger partial charge in [-0.25, -0.2) is 13.4 Å². The smallest absolute Gasteiger partial charge is 0.273 e. The zero-order valence-electron chi connectivity index (χ0n) is 15.9. The number of nitrogens with zero attached hydrogens (tertiary/aromatic N) is 3. The molecule has 0 N–H and O–H groups in total. The second-order valence-corrected chi connectivity index (χ2v) is 10.5. The lowest BCUT2D eigenvalue weighted by atomic mass is 10.2. The SMILES string of the molecule is Cc1ccc(S(=O)(=O)N2CCCN(C(=O)c3csc(-c4ccsc4)n3)CC2)cc1. The van der Waals surface area contributed by atoms with E-state index < -0.39 is 10.0 Å². The van der Waals surface area contributed by atoms with E-state index in [-0.39, 0.29) is 12.5 Å². The Kier molecular flexibility index (Phi) is 5.82. The number of hydrogen-bond donors (Lipinski definition) is 0. The third-order valence-corrected chi connectivity index (χ3v) is 8.38. The standard InChI is InChI=1S/C20H21N3O3S3/c1-15-3-5-17(6-4-15)29(25,26)23-9-2-8-22(10-11-23)20(24)18-14-28-19(21-18)16-7-12-27-13-16/h3-7,12-14H,2,8-11H2,1H3. The van der Waals surface area contributed by atoms with Crippen LogP contribution in [0.2, 0.25) is 0 Å². The molecule has 0 atom stereocenters. The topological polar surface area (TPSA) is 70.6 Å². The zero-order chi connectivity index (χ0) is 20.4. The predicted molar refractivity (Wildman–Crippen MR) is 116 cm³/mol. The average molecular weight is 448 g/mol. The second-order valence-electron chi connectivity index (χ2n) is 6.91. The Hall–Kier alpha value is -2.07. The van der Waals surface area contributed by atoms with Crippen LogP contribution in [0.5, 0.6) is 0 Å². The molecular formula is C20H21N3O3S3. The Balaban J connectivity index is 1.46. The van der Waals surface area contributed by atoms with Crippen LogP contribution < -0.4 is 0 Å². The van der Waals surface area contributed by atoms with Crippen molar-refractivity contribution in [3.63, 3.8) is 0 Å². The molecule has 1 amide bonds. The fourth-order valence-electron chi connectivity index (χ4n) is 3.25. The molecule has 6 nitrogen and oxygen atoms in total. The predicted octanol–water partition coefficient (Wildman–Crippen LogP) is 3.72. The fourth-order valence-corrected chi connectivity index (χ4v) is 6.22. The molecule has 1 aliphatic rings. The monoisotopic (exact) mass is 447 g/mol. The van der Waals surface area contributed by atoms with Crippen LogP contribution in [0.25, 0.3) is 10.6 Å². The highest BCUT2D eigenvalue weighted by Gasteiger charge is 2.29. The lowest BCUT2D eigenvalue weighted by Crippen LogP contribution is -2.37. The number of hydrogen-bond acceptors (Lipinski definition) is 6. The molecule has 3 heterocycles. The average Bonchev–Trinajstić information content (AvgIpc) is 3.35. The molecule has 0 bridgehead atoms. The molecule has 0 aliphatic carbocycles. The molecule has 0 saturated carbocycles.